The maximum absolute atomic E-state index is 3.72. The van der Waals surface area contributed by atoms with Crippen molar-refractivity contribution in [2.75, 3.05) is 0 Å². The molecule has 0 amide bonds. The molecule has 0 heterocycles. The average Bonchev–Trinajstić information content (AvgIpc) is 1.87. The second kappa shape index (κ2) is 12.3. The Morgan fingerprint density at radius 1 is 1.00 bits per heavy atom. The van der Waals surface area contributed by atoms with Gasteiger partial charge in [0, 0.05) is 0 Å². The Hall–Kier alpha value is 0.336. The van der Waals surface area contributed by atoms with E-state index in [2.05, 4.69) is 27.7 Å². The molecule has 0 spiro atoms. The third-order valence-electron chi connectivity index (χ3n) is 0.843. The van der Waals surface area contributed by atoms with Crippen LogP contribution in [0.25, 0.3) is 0 Å². The zero-order chi connectivity index (χ0) is 8.69. The molecule has 0 radical (unpaired) electrons. The summed E-state index contributed by atoms with van der Waals surface area (Å²) in [6.07, 6.45) is 0. The molecule has 0 saturated heterocycles. The summed E-state index contributed by atoms with van der Waals surface area (Å²) in [6.45, 7) is 9.97. The van der Waals surface area contributed by atoms with Crippen molar-refractivity contribution in [1.29, 1.82) is 0 Å². The molecule has 13 heavy (non-hydrogen) atoms. The Morgan fingerprint density at radius 3 is 1.46 bits per heavy atom. The third kappa shape index (κ3) is 19.0. The van der Waals surface area contributed by atoms with Crippen LogP contribution in [0.4, 0.5) is 0 Å². The minimum absolute atomic E-state index is 0. The van der Waals surface area contributed by atoms with Gasteiger partial charge >= 0.3 is 23.1 Å². The number of halogens is 1. The van der Waals surface area contributed by atoms with Crippen LogP contribution >= 0.6 is 17.0 Å². The van der Waals surface area contributed by atoms with Crippen LogP contribution in [0.1, 0.15) is 26.3 Å². The SMILES string of the molecule is Br.C[C-](C)C.[CH2-]c1ccccc1.[Mg+2]. The molecule has 70 valence electrons. The molecule has 0 aliphatic rings. The van der Waals surface area contributed by atoms with Crippen molar-refractivity contribution in [3.8, 4) is 0 Å². The summed E-state index contributed by atoms with van der Waals surface area (Å²) in [5, 5.41) is 0. The van der Waals surface area contributed by atoms with Crippen LogP contribution in [0.2, 0.25) is 0 Å². The Morgan fingerprint density at radius 2 is 1.31 bits per heavy atom. The smallest absolute Gasteiger partial charge is 0.323 e. The summed E-state index contributed by atoms with van der Waals surface area (Å²) in [7, 11) is 0. The number of benzene rings is 1. The van der Waals surface area contributed by atoms with Crippen molar-refractivity contribution < 1.29 is 0 Å². The molecular formula is C11H17BrMg. The van der Waals surface area contributed by atoms with Crippen molar-refractivity contribution in [2.45, 2.75) is 20.8 Å². The summed E-state index contributed by atoms with van der Waals surface area (Å²) >= 11 is 0. The minimum Gasteiger partial charge on any atom is -0.323 e. The van der Waals surface area contributed by atoms with Crippen molar-refractivity contribution >= 4 is 40.0 Å². The molecule has 0 fully saturated rings. The van der Waals surface area contributed by atoms with E-state index in [1.165, 1.54) is 5.92 Å². The van der Waals surface area contributed by atoms with Crippen molar-refractivity contribution in [3.63, 3.8) is 0 Å². The van der Waals surface area contributed by atoms with Gasteiger partial charge in [0.2, 0.25) is 0 Å². The van der Waals surface area contributed by atoms with E-state index in [0.717, 1.165) is 5.56 Å². The van der Waals surface area contributed by atoms with Crippen molar-refractivity contribution in [3.05, 3.63) is 48.7 Å². The van der Waals surface area contributed by atoms with E-state index in [0.29, 0.717) is 0 Å². The van der Waals surface area contributed by atoms with Gasteiger partial charge < -0.3 is 5.92 Å². The normalized spacial score (nSPS) is 7.38. The first-order valence-electron chi connectivity index (χ1n) is 3.76. The predicted octanol–water partition coefficient (Wildman–Crippen LogP) is 3.69. The van der Waals surface area contributed by atoms with Crippen molar-refractivity contribution in [2.24, 2.45) is 0 Å². The van der Waals surface area contributed by atoms with E-state index in [1.54, 1.807) is 0 Å². The van der Waals surface area contributed by atoms with Crippen LogP contribution in [0.3, 0.4) is 0 Å². The second-order valence-corrected chi connectivity index (χ2v) is 2.99. The molecule has 1 aromatic carbocycles. The fourth-order valence-electron chi connectivity index (χ4n) is 0.478. The second-order valence-electron chi connectivity index (χ2n) is 2.99. The maximum Gasteiger partial charge on any atom is 2.00 e. The van der Waals surface area contributed by atoms with E-state index in [-0.39, 0.29) is 40.0 Å². The van der Waals surface area contributed by atoms with Gasteiger partial charge in [-0.05, 0) is 0 Å². The molecule has 0 bridgehead atoms. The molecular weight excluding hydrogens is 236 g/mol. The average molecular weight is 253 g/mol. The van der Waals surface area contributed by atoms with Crippen LogP contribution in [0.15, 0.2) is 30.3 Å². The fourth-order valence-corrected chi connectivity index (χ4v) is 0.478. The summed E-state index contributed by atoms with van der Waals surface area (Å²) < 4.78 is 0. The van der Waals surface area contributed by atoms with Crippen LogP contribution in [-0.2, 0) is 0 Å². The molecule has 0 saturated carbocycles. The largest absolute Gasteiger partial charge is 2.00 e. The van der Waals surface area contributed by atoms with Gasteiger partial charge in [0.25, 0.3) is 0 Å². The van der Waals surface area contributed by atoms with Gasteiger partial charge in [-0.1, -0.05) is 6.07 Å². The van der Waals surface area contributed by atoms with Crippen LogP contribution in [0.5, 0.6) is 0 Å². The first kappa shape index (κ1) is 19.0. The van der Waals surface area contributed by atoms with E-state index in [4.69, 9.17) is 0 Å². The van der Waals surface area contributed by atoms with E-state index >= 15 is 0 Å². The zero-order valence-electron chi connectivity index (χ0n) is 8.71. The zero-order valence-corrected chi connectivity index (χ0v) is 11.8. The van der Waals surface area contributed by atoms with Crippen molar-refractivity contribution in [1.82, 2.24) is 0 Å². The Balaban J connectivity index is -0.000000150. The Labute approximate surface area is 109 Å². The quantitative estimate of drug-likeness (QED) is 0.489. The van der Waals surface area contributed by atoms with E-state index in [1.807, 2.05) is 30.3 Å². The molecule has 0 nitrogen and oxygen atoms in total. The van der Waals surface area contributed by atoms with Gasteiger partial charge in [-0.15, -0.1) is 29.1 Å². The standard InChI is InChI=1S/C7H7.C4H9.BrH.Mg/c1-7-5-3-2-4-6-7;1-4(2)3;;/h2-6H,1H2;1-3H3;1H;/q2*-1;;+2. The topological polar surface area (TPSA) is 0 Å². The first-order valence-corrected chi connectivity index (χ1v) is 3.76. The number of hydrogen-bond acceptors (Lipinski definition) is 0. The van der Waals surface area contributed by atoms with Crippen LogP contribution in [-0.4, -0.2) is 23.1 Å². The van der Waals surface area contributed by atoms with Gasteiger partial charge in [-0.2, -0.15) is 45.4 Å². The summed E-state index contributed by atoms with van der Waals surface area (Å²) in [6, 6.07) is 9.87. The third-order valence-corrected chi connectivity index (χ3v) is 0.843. The van der Waals surface area contributed by atoms with Gasteiger partial charge in [-0.3, -0.25) is 0 Å². The molecule has 0 unspecified atom stereocenters. The summed E-state index contributed by atoms with van der Waals surface area (Å²) in [4.78, 5) is 0. The summed E-state index contributed by atoms with van der Waals surface area (Å²) in [5.41, 5.74) is 1.07. The Kier molecular flexibility index (Phi) is 18.0. The number of rotatable bonds is 0. The van der Waals surface area contributed by atoms with Crippen LogP contribution in [0, 0.1) is 12.8 Å². The van der Waals surface area contributed by atoms with Gasteiger partial charge in [0.05, 0.1) is 0 Å². The minimum atomic E-state index is 0. The molecule has 0 N–H and O–H groups in total. The molecule has 1 aromatic rings. The molecule has 0 atom stereocenters. The number of hydrogen-bond donors (Lipinski definition) is 0. The van der Waals surface area contributed by atoms with E-state index in [9.17, 15) is 0 Å². The molecule has 0 aliphatic carbocycles. The predicted molar refractivity (Wildman–Crippen MR) is 67.2 cm³/mol. The molecule has 0 aliphatic heterocycles. The van der Waals surface area contributed by atoms with Gasteiger partial charge in [0.15, 0.2) is 0 Å². The first-order chi connectivity index (χ1) is 5.13. The molecule has 0 aromatic heterocycles. The summed E-state index contributed by atoms with van der Waals surface area (Å²) in [5.74, 6) is 1.42. The fraction of sp³-hybridized carbons (Fsp3) is 0.273. The van der Waals surface area contributed by atoms with Crippen LogP contribution < -0.4 is 0 Å². The maximum atomic E-state index is 3.72. The molecule has 2 heteroatoms. The molecule has 1 rings (SSSR count). The van der Waals surface area contributed by atoms with Gasteiger partial charge in [0.1, 0.15) is 0 Å². The monoisotopic (exact) mass is 252 g/mol. The van der Waals surface area contributed by atoms with Gasteiger partial charge in [-0.25, -0.2) is 0 Å². The Bertz CT molecular complexity index is 170. The van der Waals surface area contributed by atoms with E-state index < -0.39 is 0 Å².